The van der Waals surface area contributed by atoms with Crippen molar-refractivity contribution in [2.75, 3.05) is 26.2 Å². The maximum atomic E-state index is 9.44. The topological polar surface area (TPSA) is 48.6 Å². The molecule has 1 fully saturated rings. The number of hydrogen-bond acceptors (Lipinski definition) is 4. The summed E-state index contributed by atoms with van der Waals surface area (Å²) in [6.07, 6.45) is 2.95. The fourth-order valence-corrected chi connectivity index (χ4v) is 2.65. The van der Waals surface area contributed by atoms with Crippen molar-refractivity contribution in [1.29, 1.82) is 0 Å². The van der Waals surface area contributed by atoms with Crippen molar-refractivity contribution in [3.8, 4) is 0 Å². The zero-order valence-electron chi connectivity index (χ0n) is 12.1. The second-order valence-corrected chi connectivity index (χ2v) is 5.54. The maximum Gasteiger partial charge on any atom is 0.105 e. The molecule has 0 unspecified atom stereocenters. The molecule has 1 aromatic heterocycles. The fourth-order valence-electron chi connectivity index (χ4n) is 2.65. The smallest absolute Gasteiger partial charge is 0.105 e. The van der Waals surface area contributed by atoms with Crippen molar-refractivity contribution in [2.45, 2.75) is 45.8 Å². The molecule has 2 rings (SSSR count). The highest BCUT2D eigenvalue weighted by atomic mass is 16.3. The first kappa shape index (κ1) is 14.6. The Morgan fingerprint density at radius 3 is 2.74 bits per heavy atom. The molecule has 0 spiro atoms. The molecule has 0 bridgehead atoms. The summed E-state index contributed by atoms with van der Waals surface area (Å²) in [6.45, 7) is 9.14. The summed E-state index contributed by atoms with van der Waals surface area (Å²) in [5.41, 5.74) is 1.26. The summed E-state index contributed by atoms with van der Waals surface area (Å²) in [6, 6.07) is 2.11. The van der Waals surface area contributed by atoms with Gasteiger partial charge in [0.15, 0.2) is 0 Å². The Morgan fingerprint density at radius 2 is 2.11 bits per heavy atom. The van der Waals surface area contributed by atoms with Gasteiger partial charge in [0.2, 0.25) is 0 Å². The van der Waals surface area contributed by atoms with Crippen LogP contribution in [0.1, 0.15) is 36.3 Å². The minimum Gasteiger partial charge on any atom is -0.466 e. The van der Waals surface area contributed by atoms with Crippen LogP contribution >= 0.6 is 0 Å². The molecule has 0 radical (unpaired) electrons. The van der Waals surface area contributed by atoms with Crippen LogP contribution in [0.25, 0.3) is 0 Å². The Morgan fingerprint density at radius 1 is 1.37 bits per heavy atom. The lowest BCUT2D eigenvalue weighted by molar-refractivity contribution is 0.0821. The molecule has 0 saturated carbocycles. The molecular formula is C15H26N2O2. The zero-order chi connectivity index (χ0) is 13.7. The predicted octanol–water partition coefficient (Wildman–Crippen LogP) is 1.83. The minimum atomic E-state index is -0.0679. The number of nitrogens with zero attached hydrogens (tertiary/aromatic N) is 1. The van der Waals surface area contributed by atoms with Gasteiger partial charge < -0.3 is 19.7 Å². The lowest BCUT2D eigenvalue weighted by Crippen LogP contribution is -2.37. The van der Waals surface area contributed by atoms with Crippen LogP contribution in [0.3, 0.4) is 0 Å². The summed E-state index contributed by atoms with van der Waals surface area (Å²) < 4.78 is 5.50. The molecule has 1 aliphatic heterocycles. The van der Waals surface area contributed by atoms with Gasteiger partial charge in [0.1, 0.15) is 11.5 Å². The first-order valence-electron chi connectivity index (χ1n) is 7.32. The van der Waals surface area contributed by atoms with E-state index in [2.05, 4.69) is 16.3 Å². The Labute approximate surface area is 115 Å². The van der Waals surface area contributed by atoms with Crippen LogP contribution in [0, 0.1) is 13.8 Å². The van der Waals surface area contributed by atoms with Gasteiger partial charge in [0, 0.05) is 25.2 Å². The van der Waals surface area contributed by atoms with Crippen molar-refractivity contribution in [3.63, 3.8) is 0 Å². The largest absolute Gasteiger partial charge is 0.466 e. The fraction of sp³-hybridized carbons (Fsp3) is 0.733. The van der Waals surface area contributed by atoms with Gasteiger partial charge in [-0.2, -0.15) is 0 Å². The molecule has 108 valence electrons. The number of rotatable bonds is 6. The van der Waals surface area contributed by atoms with Gasteiger partial charge in [-0.1, -0.05) is 0 Å². The quantitative estimate of drug-likeness (QED) is 0.771. The molecule has 0 atom stereocenters. The zero-order valence-corrected chi connectivity index (χ0v) is 12.1. The van der Waals surface area contributed by atoms with Crippen LogP contribution in [0.15, 0.2) is 10.5 Å². The molecule has 1 aliphatic rings. The Bertz CT molecular complexity index is 381. The third-order valence-electron chi connectivity index (χ3n) is 3.84. The molecule has 1 saturated heterocycles. The number of aryl methyl sites for hydroxylation is 2. The number of furan rings is 1. The molecule has 4 heteroatoms. The van der Waals surface area contributed by atoms with E-state index in [1.165, 1.54) is 5.56 Å². The molecule has 0 aromatic carbocycles. The van der Waals surface area contributed by atoms with Crippen LogP contribution < -0.4 is 5.32 Å². The van der Waals surface area contributed by atoms with Gasteiger partial charge in [-0.25, -0.2) is 0 Å². The predicted molar refractivity (Wildman–Crippen MR) is 76.2 cm³/mol. The van der Waals surface area contributed by atoms with E-state index in [0.717, 1.165) is 63.5 Å². The molecule has 19 heavy (non-hydrogen) atoms. The molecular weight excluding hydrogens is 240 g/mol. The summed E-state index contributed by atoms with van der Waals surface area (Å²) in [4.78, 5) is 2.45. The monoisotopic (exact) mass is 266 g/mol. The highest BCUT2D eigenvalue weighted by Gasteiger charge is 2.15. The van der Waals surface area contributed by atoms with Crippen molar-refractivity contribution in [3.05, 3.63) is 23.2 Å². The van der Waals surface area contributed by atoms with E-state index in [-0.39, 0.29) is 6.10 Å². The summed E-state index contributed by atoms with van der Waals surface area (Å²) in [5.74, 6) is 2.01. The Balaban J connectivity index is 1.56. The number of piperidine rings is 1. The number of aliphatic hydroxyl groups excluding tert-OH is 1. The molecule has 0 amide bonds. The Hall–Kier alpha value is -0.840. The number of aliphatic hydroxyl groups is 1. The third-order valence-corrected chi connectivity index (χ3v) is 3.84. The van der Waals surface area contributed by atoms with Gasteiger partial charge >= 0.3 is 0 Å². The van der Waals surface area contributed by atoms with Crippen molar-refractivity contribution >= 4 is 0 Å². The summed E-state index contributed by atoms with van der Waals surface area (Å²) in [7, 11) is 0. The maximum absolute atomic E-state index is 9.44. The van der Waals surface area contributed by atoms with E-state index < -0.39 is 0 Å². The second kappa shape index (κ2) is 7.08. The normalized spacial score (nSPS) is 18.1. The highest BCUT2D eigenvalue weighted by Crippen LogP contribution is 2.13. The number of nitrogens with one attached hydrogen (secondary N) is 1. The van der Waals surface area contributed by atoms with Crippen LogP contribution in [0.2, 0.25) is 0 Å². The molecule has 1 aromatic rings. The van der Waals surface area contributed by atoms with Gasteiger partial charge in [-0.05, 0) is 52.3 Å². The van der Waals surface area contributed by atoms with E-state index in [1.807, 2.05) is 13.8 Å². The molecule has 4 nitrogen and oxygen atoms in total. The van der Waals surface area contributed by atoms with Crippen LogP contribution in [0.4, 0.5) is 0 Å². The lowest BCUT2D eigenvalue weighted by atomic mass is 10.1. The minimum absolute atomic E-state index is 0.0679. The first-order valence-corrected chi connectivity index (χ1v) is 7.32. The third kappa shape index (κ3) is 4.64. The van der Waals surface area contributed by atoms with E-state index >= 15 is 0 Å². The number of hydrogen-bond donors (Lipinski definition) is 2. The standard InChI is InChI=1S/C15H26N2O2/c1-12-10-14(13(2)19-12)11-16-6-3-7-17-8-4-15(18)5-9-17/h10,15-16,18H,3-9,11H2,1-2H3. The van der Waals surface area contributed by atoms with Crippen molar-refractivity contribution in [1.82, 2.24) is 10.2 Å². The number of likely N-dealkylation sites (tertiary alicyclic amines) is 1. The highest BCUT2D eigenvalue weighted by molar-refractivity contribution is 5.19. The molecule has 2 heterocycles. The average Bonchev–Trinajstić information content (AvgIpc) is 2.70. The van der Waals surface area contributed by atoms with E-state index in [4.69, 9.17) is 4.42 Å². The molecule has 2 N–H and O–H groups in total. The average molecular weight is 266 g/mol. The van der Waals surface area contributed by atoms with Crippen LogP contribution in [-0.4, -0.2) is 42.3 Å². The van der Waals surface area contributed by atoms with Gasteiger partial charge in [0.05, 0.1) is 6.10 Å². The van der Waals surface area contributed by atoms with E-state index in [1.54, 1.807) is 0 Å². The summed E-state index contributed by atoms with van der Waals surface area (Å²) >= 11 is 0. The first-order chi connectivity index (χ1) is 9.15. The lowest BCUT2D eigenvalue weighted by Gasteiger charge is -2.29. The molecule has 0 aliphatic carbocycles. The van der Waals surface area contributed by atoms with Gasteiger partial charge in [-0.15, -0.1) is 0 Å². The summed E-state index contributed by atoms with van der Waals surface area (Å²) in [5, 5.41) is 12.9. The SMILES string of the molecule is Cc1cc(CNCCCN2CCC(O)CC2)c(C)o1. The van der Waals surface area contributed by atoms with Crippen LogP contribution in [0.5, 0.6) is 0 Å². The van der Waals surface area contributed by atoms with Crippen molar-refractivity contribution in [2.24, 2.45) is 0 Å². The van der Waals surface area contributed by atoms with Gasteiger partial charge in [-0.3, -0.25) is 0 Å². The van der Waals surface area contributed by atoms with E-state index in [9.17, 15) is 5.11 Å². The van der Waals surface area contributed by atoms with Crippen LogP contribution in [-0.2, 0) is 6.54 Å². The second-order valence-electron chi connectivity index (χ2n) is 5.54. The van der Waals surface area contributed by atoms with Gasteiger partial charge in [0.25, 0.3) is 0 Å². The van der Waals surface area contributed by atoms with E-state index in [0.29, 0.717) is 0 Å². The Kier molecular flexibility index (Phi) is 5.43. The van der Waals surface area contributed by atoms with Crippen molar-refractivity contribution < 1.29 is 9.52 Å².